The lowest BCUT2D eigenvalue weighted by Gasteiger charge is -2.14. The molecule has 0 radical (unpaired) electrons. The first-order valence-electron chi connectivity index (χ1n) is 5.32. The predicted molar refractivity (Wildman–Crippen MR) is 73.1 cm³/mol. The minimum atomic E-state index is 0.318. The second kappa shape index (κ2) is 5.85. The van der Waals surface area contributed by atoms with Crippen LogP contribution < -0.4 is 0 Å². The van der Waals surface area contributed by atoms with Crippen molar-refractivity contribution in [1.29, 1.82) is 5.41 Å². The Morgan fingerprint density at radius 1 is 1.29 bits per heavy atom. The van der Waals surface area contributed by atoms with E-state index in [1.54, 1.807) is 7.11 Å². The molecule has 0 fully saturated rings. The van der Waals surface area contributed by atoms with Crippen molar-refractivity contribution in [2.45, 2.75) is 6.92 Å². The smallest absolute Gasteiger partial charge is 0.135 e. The molecule has 17 heavy (non-hydrogen) atoms. The molecule has 0 saturated carbocycles. The average Bonchev–Trinajstić information content (AvgIpc) is 2.35. The largest absolute Gasteiger partial charge is 0.495 e. The molecule has 0 aromatic heterocycles. The molecule has 2 nitrogen and oxygen atoms in total. The summed E-state index contributed by atoms with van der Waals surface area (Å²) in [6, 6.07) is 9.69. The van der Waals surface area contributed by atoms with E-state index in [0.29, 0.717) is 17.0 Å². The summed E-state index contributed by atoms with van der Waals surface area (Å²) in [5.74, 6) is 0.656. The molecule has 2 heteroatoms. The molecule has 0 heterocycles. The van der Waals surface area contributed by atoms with Crippen LogP contribution in [-0.4, -0.2) is 12.8 Å². The molecule has 1 rings (SSSR count). The number of ether oxygens (including phenoxy) is 1. The number of rotatable bonds is 5. The highest BCUT2D eigenvalue weighted by atomic mass is 16.5. The van der Waals surface area contributed by atoms with Gasteiger partial charge < -0.3 is 10.1 Å². The van der Waals surface area contributed by atoms with Gasteiger partial charge in [0.2, 0.25) is 0 Å². The molecule has 0 unspecified atom stereocenters. The minimum absolute atomic E-state index is 0.318. The molecule has 0 aliphatic rings. The van der Waals surface area contributed by atoms with E-state index in [1.807, 2.05) is 37.3 Å². The van der Waals surface area contributed by atoms with Crippen molar-refractivity contribution in [1.82, 2.24) is 0 Å². The monoisotopic (exact) mass is 227 g/mol. The Morgan fingerprint density at radius 2 is 1.88 bits per heavy atom. The van der Waals surface area contributed by atoms with Crippen LogP contribution in [0.4, 0.5) is 0 Å². The third-order valence-corrected chi connectivity index (χ3v) is 2.37. The Kier molecular flexibility index (Phi) is 4.46. The van der Waals surface area contributed by atoms with Crippen molar-refractivity contribution < 1.29 is 4.74 Å². The summed E-state index contributed by atoms with van der Waals surface area (Å²) in [5, 5.41) is 7.89. The van der Waals surface area contributed by atoms with Crippen molar-refractivity contribution in [3.63, 3.8) is 0 Å². The lowest BCUT2D eigenvalue weighted by molar-refractivity contribution is 0.368. The Labute approximate surface area is 102 Å². The summed E-state index contributed by atoms with van der Waals surface area (Å²) < 4.78 is 5.41. The first-order valence-corrected chi connectivity index (χ1v) is 5.32. The molecular formula is C15H17NO. The molecule has 1 N–H and O–H groups in total. The van der Waals surface area contributed by atoms with Gasteiger partial charge in [-0.2, -0.15) is 0 Å². The average molecular weight is 227 g/mol. The van der Waals surface area contributed by atoms with Crippen LogP contribution in [0.3, 0.4) is 0 Å². The Bertz CT molecular complexity index is 469. The summed E-state index contributed by atoms with van der Waals surface area (Å²) in [6.07, 6.45) is 1.49. The summed E-state index contributed by atoms with van der Waals surface area (Å²) in [6.45, 7) is 9.37. The number of methoxy groups -OCH3 is 1. The van der Waals surface area contributed by atoms with E-state index in [9.17, 15) is 0 Å². The van der Waals surface area contributed by atoms with Gasteiger partial charge in [-0.3, -0.25) is 0 Å². The highest BCUT2D eigenvalue weighted by molar-refractivity contribution is 6.13. The van der Waals surface area contributed by atoms with Gasteiger partial charge in [-0.25, -0.2) is 0 Å². The molecule has 1 aromatic rings. The van der Waals surface area contributed by atoms with Gasteiger partial charge in [-0.15, -0.1) is 0 Å². The maximum atomic E-state index is 7.89. The Hall–Kier alpha value is -2.09. The zero-order chi connectivity index (χ0) is 12.8. The zero-order valence-electron chi connectivity index (χ0n) is 10.3. The summed E-state index contributed by atoms with van der Waals surface area (Å²) in [7, 11) is 1.60. The fourth-order valence-electron chi connectivity index (χ4n) is 1.60. The maximum Gasteiger partial charge on any atom is 0.135 e. The number of allylic oxidation sites excluding steroid dienone is 3. The number of hydrogen-bond donors (Lipinski definition) is 1. The Balaban J connectivity index is 3.42. The molecular weight excluding hydrogens is 210 g/mol. The lowest BCUT2D eigenvalue weighted by Crippen LogP contribution is -2.04. The van der Waals surface area contributed by atoms with E-state index in [-0.39, 0.29) is 0 Å². The van der Waals surface area contributed by atoms with Gasteiger partial charge in [0.25, 0.3) is 0 Å². The van der Waals surface area contributed by atoms with Gasteiger partial charge in [0, 0.05) is 11.1 Å². The van der Waals surface area contributed by atoms with Crippen LogP contribution in [0.25, 0.3) is 5.76 Å². The van der Waals surface area contributed by atoms with Gasteiger partial charge in [-0.1, -0.05) is 43.5 Å². The van der Waals surface area contributed by atoms with E-state index in [2.05, 4.69) is 13.2 Å². The van der Waals surface area contributed by atoms with E-state index in [0.717, 1.165) is 11.1 Å². The SMILES string of the molecule is C=CC(=N)/C(C(=C)C)=C(/OC)c1ccccc1. The molecule has 0 aliphatic heterocycles. The molecule has 0 saturated heterocycles. The topological polar surface area (TPSA) is 33.1 Å². The summed E-state index contributed by atoms with van der Waals surface area (Å²) >= 11 is 0. The van der Waals surface area contributed by atoms with Gasteiger partial charge >= 0.3 is 0 Å². The predicted octanol–water partition coefficient (Wildman–Crippen LogP) is 3.83. The van der Waals surface area contributed by atoms with Crippen LogP contribution in [-0.2, 0) is 4.74 Å². The van der Waals surface area contributed by atoms with Crippen molar-refractivity contribution >= 4 is 11.5 Å². The second-order valence-electron chi connectivity index (χ2n) is 3.67. The molecule has 0 amide bonds. The molecule has 0 atom stereocenters. The van der Waals surface area contributed by atoms with E-state index in [1.165, 1.54) is 6.08 Å². The molecule has 1 aromatic carbocycles. The number of nitrogens with one attached hydrogen (secondary N) is 1. The van der Waals surface area contributed by atoms with Gasteiger partial charge in [0.1, 0.15) is 5.76 Å². The van der Waals surface area contributed by atoms with Crippen LogP contribution in [0.15, 0.2) is 60.7 Å². The molecule has 88 valence electrons. The molecule has 0 aliphatic carbocycles. The van der Waals surface area contributed by atoms with Gasteiger partial charge in [-0.05, 0) is 18.6 Å². The second-order valence-corrected chi connectivity index (χ2v) is 3.67. The van der Waals surface area contributed by atoms with Crippen LogP contribution in [0, 0.1) is 5.41 Å². The van der Waals surface area contributed by atoms with Crippen molar-refractivity contribution in [3.8, 4) is 0 Å². The van der Waals surface area contributed by atoms with Crippen molar-refractivity contribution in [2.24, 2.45) is 0 Å². The maximum absolute atomic E-state index is 7.89. The number of benzene rings is 1. The fourth-order valence-corrected chi connectivity index (χ4v) is 1.60. The van der Waals surface area contributed by atoms with E-state index in [4.69, 9.17) is 10.1 Å². The van der Waals surface area contributed by atoms with E-state index < -0.39 is 0 Å². The Morgan fingerprint density at radius 3 is 2.29 bits per heavy atom. The zero-order valence-corrected chi connectivity index (χ0v) is 10.3. The lowest BCUT2D eigenvalue weighted by atomic mass is 9.98. The summed E-state index contributed by atoms with van der Waals surface area (Å²) in [5.41, 5.74) is 2.72. The van der Waals surface area contributed by atoms with Crippen LogP contribution >= 0.6 is 0 Å². The fraction of sp³-hybridized carbons (Fsp3) is 0.133. The van der Waals surface area contributed by atoms with Crippen LogP contribution in [0.2, 0.25) is 0 Å². The third-order valence-electron chi connectivity index (χ3n) is 2.37. The quantitative estimate of drug-likeness (QED) is 0.463. The minimum Gasteiger partial charge on any atom is -0.495 e. The normalized spacial score (nSPS) is 11.4. The first kappa shape index (κ1) is 13.0. The van der Waals surface area contributed by atoms with Crippen molar-refractivity contribution in [3.05, 3.63) is 66.3 Å². The third kappa shape index (κ3) is 2.94. The van der Waals surface area contributed by atoms with Crippen LogP contribution in [0.1, 0.15) is 12.5 Å². The standard InChI is InChI=1S/C15H17NO/c1-5-13(16)14(11(2)3)15(17-4)12-9-7-6-8-10-12/h5-10,16H,1-2H2,3-4H3/b15-14+,16-13?. The van der Waals surface area contributed by atoms with Crippen molar-refractivity contribution in [2.75, 3.05) is 7.11 Å². The number of hydrogen-bond acceptors (Lipinski definition) is 2. The first-order chi connectivity index (χ1) is 8.11. The highest BCUT2D eigenvalue weighted by Crippen LogP contribution is 2.24. The summed E-state index contributed by atoms with van der Waals surface area (Å²) in [4.78, 5) is 0. The highest BCUT2D eigenvalue weighted by Gasteiger charge is 2.13. The van der Waals surface area contributed by atoms with Gasteiger partial charge in [0.05, 0.1) is 12.8 Å². The van der Waals surface area contributed by atoms with E-state index >= 15 is 0 Å². The van der Waals surface area contributed by atoms with Gasteiger partial charge in [0.15, 0.2) is 0 Å². The molecule has 0 bridgehead atoms. The van der Waals surface area contributed by atoms with Crippen LogP contribution in [0.5, 0.6) is 0 Å². The molecule has 0 spiro atoms.